The molecule has 1 aliphatic heterocycles. The van der Waals surface area contributed by atoms with Gasteiger partial charge in [0.05, 0.1) is 25.7 Å². The zero-order valence-corrected chi connectivity index (χ0v) is 11.8. The Labute approximate surface area is 117 Å². The van der Waals surface area contributed by atoms with Crippen LogP contribution in [0.2, 0.25) is 0 Å². The quantitative estimate of drug-likeness (QED) is 0.562. The third-order valence-electron chi connectivity index (χ3n) is 3.66. The van der Waals surface area contributed by atoms with Gasteiger partial charge in [0.2, 0.25) is 0 Å². The second-order valence-corrected chi connectivity index (χ2v) is 5.04. The molecule has 2 amide bonds. The molecule has 2 unspecified atom stereocenters. The summed E-state index contributed by atoms with van der Waals surface area (Å²) < 4.78 is 4.64. The van der Waals surface area contributed by atoms with Gasteiger partial charge in [0.1, 0.15) is 12.8 Å². The number of carbonyl (C=O) groups is 3. The van der Waals surface area contributed by atoms with Gasteiger partial charge in [-0.1, -0.05) is 17.7 Å². The van der Waals surface area contributed by atoms with Gasteiger partial charge < -0.3 is 19.3 Å². The smallest absolute Gasteiger partial charge is 0.325 e. The van der Waals surface area contributed by atoms with Gasteiger partial charge in [0, 0.05) is 0 Å². The average Bonchev–Trinajstić information content (AvgIpc) is 2.64. The fourth-order valence-electron chi connectivity index (χ4n) is 2.87. The zero-order chi connectivity index (χ0) is 14.9. The van der Waals surface area contributed by atoms with Crippen LogP contribution in [0.3, 0.4) is 0 Å². The van der Waals surface area contributed by atoms with E-state index in [1.54, 1.807) is 0 Å². The Morgan fingerprint density at radius 2 is 2.10 bits per heavy atom. The number of esters is 1. The lowest BCUT2D eigenvalue weighted by Crippen LogP contribution is -2.41. The summed E-state index contributed by atoms with van der Waals surface area (Å²) in [5.41, 5.74) is 2.05. The first kappa shape index (κ1) is 14.3. The summed E-state index contributed by atoms with van der Waals surface area (Å²) in [6.45, 7) is 3.79. The molecule has 20 heavy (non-hydrogen) atoms. The molecule has 0 radical (unpaired) electrons. The Morgan fingerprint density at radius 3 is 2.70 bits per heavy atom. The number of ether oxygens (including phenoxy) is 1. The number of amides is 2. The van der Waals surface area contributed by atoms with Crippen molar-refractivity contribution in [3.8, 4) is 0 Å². The average molecular weight is 278 g/mol. The van der Waals surface area contributed by atoms with Gasteiger partial charge in [0.25, 0.3) is 0 Å². The fraction of sp³-hybridized carbons (Fsp3) is 0.500. The van der Waals surface area contributed by atoms with Crippen LogP contribution < -0.4 is 0 Å². The minimum absolute atomic E-state index is 0.0226. The second-order valence-electron chi connectivity index (χ2n) is 5.04. The molecule has 0 aromatic carbocycles. The molecule has 2 aliphatic rings. The van der Waals surface area contributed by atoms with E-state index in [-0.39, 0.29) is 31.2 Å². The molecule has 0 saturated carbocycles. The summed E-state index contributed by atoms with van der Waals surface area (Å²) in [4.78, 5) is 37.6. The van der Waals surface area contributed by atoms with E-state index in [1.807, 2.05) is 26.0 Å². The molecule has 0 aromatic heterocycles. The van der Waals surface area contributed by atoms with Crippen molar-refractivity contribution in [3.63, 3.8) is 0 Å². The van der Waals surface area contributed by atoms with Crippen LogP contribution in [0, 0.1) is 0 Å². The van der Waals surface area contributed by atoms with Crippen LogP contribution >= 0.6 is 0 Å². The highest BCUT2D eigenvalue weighted by molar-refractivity contribution is 5.86. The number of allylic oxidation sites excluding steroid dienone is 2. The van der Waals surface area contributed by atoms with Gasteiger partial charge >= 0.3 is 12.0 Å². The monoisotopic (exact) mass is 278 g/mol. The van der Waals surface area contributed by atoms with Crippen LogP contribution in [-0.2, 0) is 14.3 Å². The van der Waals surface area contributed by atoms with E-state index in [4.69, 9.17) is 0 Å². The Kier molecular flexibility index (Phi) is 3.92. The number of carbonyl (C=O) groups excluding carboxylic acids is 3. The fourth-order valence-corrected chi connectivity index (χ4v) is 2.87. The van der Waals surface area contributed by atoms with E-state index in [9.17, 15) is 14.4 Å². The van der Waals surface area contributed by atoms with E-state index in [0.717, 1.165) is 11.1 Å². The van der Waals surface area contributed by atoms with E-state index in [2.05, 4.69) is 4.74 Å². The first-order chi connectivity index (χ1) is 9.49. The number of methoxy groups -OCH3 is 1. The van der Waals surface area contributed by atoms with Crippen molar-refractivity contribution in [1.82, 2.24) is 9.80 Å². The van der Waals surface area contributed by atoms with Crippen molar-refractivity contribution in [2.75, 3.05) is 20.2 Å². The van der Waals surface area contributed by atoms with Crippen LogP contribution in [0.5, 0.6) is 0 Å². The van der Waals surface area contributed by atoms with Gasteiger partial charge in [-0.2, -0.15) is 0 Å². The molecule has 1 saturated heterocycles. The standard InChI is InChI=1S/C14H18N2O4/c1-9-6-10(2)13-11(7-9)15(4-5-17)14(19)16(13)8-12(18)20-3/h5-7,11,13H,4,8H2,1-3H3. The number of nitrogens with zero attached hydrogens (tertiary/aromatic N) is 2. The van der Waals surface area contributed by atoms with E-state index >= 15 is 0 Å². The molecule has 2 rings (SSSR count). The number of rotatable bonds is 4. The van der Waals surface area contributed by atoms with Crippen molar-refractivity contribution in [2.24, 2.45) is 0 Å². The summed E-state index contributed by atoms with van der Waals surface area (Å²) in [6, 6.07) is -0.733. The highest BCUT2D eigenvalue weighted by Crippen LogP contribution is 2.32. The van der Waals surface area contributed by atoms with Crippen LogP contribution in [0.15, 0.2) is 23.3 Å². The minimum Gasteiger partial charge on any atom is -0.468 e. The lowest BCUT2D eigenvalue weighted by atomic mass is 9.91. The van der Waals surface area contributed by atoms with Crippen molar-refractivity contribution < 1.29 is 19.1 Å². The summed E-state index contributed by atoms with van der Waals surface area (Å²) in [6.07, 6.45) is 4.65. The Morgan fingerprint density at radius 1 is 1.40 bits per heavy atom. The van der Waals surface area contributed by atoms with E-state index in [0.29, 0.717) is 6.29 Å². The topological polar surface area (TPSA) is 66.9 Å². The maximum atomic E-state index is 12.4. The minimum atomic E-state index is -0.468. The zero-order valence-electron chi connectivity index (χ0n) is 11.8. The summed E-state index contributed by atoms with van der Waals surface area (Å²) in [5.74, 6) is -0.468. The van der Waals surface area contributed by atoms with Crippen molar-refractivity contribution >= 4 is 18.3 Å². The molecule has 6 nitrogen and oxygen atoms in total. The van der Waals surface area contributed by atoms with E-state index in [1.165, 1.54) is 16.9 Å². The largest absolute Gasteiger partial charge is 0.468 e. The van der Waals surface area contributed by atoms with Gasteiger partial charge in [-0.05, 0) is 19.4 Å². The normalized spacial score (nSPS) is 25.1. The molecule has 1 aliphatic carbocycles. The Balaban J connectivity index is 2.34. The van der Waals surface area contributed by atoms with Crippen LogP contribution in [0.1, 0.15) is 13.8 Å². The van der Waals surface area contributed by atoms with Crippen molar-refractivity contribution in [1.29, 1.82) is 0 Å². The SMILES string of the molecule is COC(=O)CN1C(=O)N(CC=O)C2C=C(C)C=C(C)C21. The molecule has 0 N–H and O–H groups in total. The maximum Gasteiger partial charge on any atom is 0.325 e. The Hall–Kier alpha value is -2.11. The highest BCUT2D eigenvalue weighted by Gasteiger charge is 2.46. The number of fused-ring (bicyclic) bond motifs is 1. The summed E-state index contributed by atoms with van der Waals surface area (Å²) >= 11 is 0. The number of hydrogen-bond donors (Lipinski definition) is 0. The third kappa shape index (κ3) is 2.33. The van der Waals surface area contributed by atoms with Crippen molar-refractivity contribution in [2.45, 2.75) is 25.9 Å². The van der Waals surface area contributed by atoms with E-state index < -0.39 is 5.97 Å². The summed E-state index contributed by atoms with van der Waals surface area (Å²) in [7, 11) is 1.29. The molecule has 1 heterocycles. The predicted octanol–water partition coefficient (Wildman–Crippen LogP) is 0.739. The molecular formula is C14H18N2O4. The van der Waals surface area contributed by atoms with Crippen LogP contribution in [0.25, 0.3) is 0 Å². The lowest BCUT2D eigenvalue weighted by Gasteiger charge is -2.29. The van der Waals surface area contributed by atoms with Gasteiger partial charge in [-0.25, -0.2) is 4.79 Å². The lowest BCUT2D eigenvalue weighted by molar-refractivity contribution is -0.141. The van der Waals surface area contributed by atoms with Gasteiger partial charge in [0.15, 0.2) is 0 Å². The number of hydrogen-bond acceptors (Lipinski definition) is 4. The molecule has 0 aromatic rings. The third-order valence-corrected chi connectivity index (χ3v) is 3.66. The number of aldehydes is 1. The molecule has 1 fully saturated rings. The van der Waals surface area contributed by atoms with Gasteiger partial charge in [-0.15, -0.1) is 0 Å². The van der Waals surface area contributed by atoms with Gasteiger partial charge in [-0.3, -0.25) is 4.79 Å². The second kappa shape index (κ2) is 5.48. The summed E-state index contributed by atoms with van der Waals surface area (Å²) in [5, 5.41) is 0. The molecule has 2 atom stereocenters. The highest BCUT2D eigenvalue weighted by atomic mass is 16.5. The van der Waals surface area contributed by atoms with Crippen molar-refractivity contribution in [3.05, 3.63) is 23.3 Å². The predicted molar refractivity (Wildman–Crippen MR) is 72.0 cm³/mol. The Bertz CT molecular complexity index is 509. The van der Waals surface area contributed by atoms with Crippen LogP contribution in [0.4, 0.5) is 4.79 Å². The molecule has 0 bridgehead atoms. The first-order valence-electron chi connectivity index (χ1n) is 6.44. The molecule has 6 heteroatoms. The first-order valence-corrected chi connectivity index (χ1v) is 6.44. The maximum absolute atomic E-state index is 12.4. The number of urea groups is 1. The van der Waals surface area contributed by atoms with Crippen LogP contribution in [-0.4, -0.2) is 60.4 Å². The molecule has 0 spiro atoms. The molecule has 108 valence electrons. The molecular weight excluding hydrogens is 260 g/mol.